The molecular weight excluding hydrogens is 259 g/mol. The second-order valence-electron chi connectivity index (χ2n) is 3.84. The zero-order chi connectivity index (χ0) is 13.8. The quantitative estimate of drug-likeness (QED) is 0.803. The highest BCUT2D eigenvalue weighted by atomic mass is 32.2. The summed E-state index contributed by atoms with van der Waals surface area (Å²) < 4.78 is 44.5. The summed E-state index contributed by atoms with van der Waals surface area (Å²) in [5.74, 6) is -0.561. The molecule has 5 nitrogen and oxygen atoms in total. The van der Waals surface area contributed by atoms with Crippen molar-refractivity contribution >= 4 is 10.0 Å². The second-order valence-corrected chi connectivity index (χ2v) is 5.57. The van der Waals surface area contributed by atoms with E-state index in [0.29, 0.717) is 0 Å². The van der Waals surface area contributed by atoms with E-state index in [0.717, 1.165) is 6.07 Å². The summed E-state index contributed by atoms with van der Waals surface area (Å²) in [4.78, 5) is -0.383. The third-order valence-electron chi connectivity index (χ3n) is 2.50. The molecule has 0 heterocycles. The molecule has 18 heavy (non-hydrogen) atoms. The Labute approximate surface area is 106 Å². The maximum absolute atomic E-state index is 13.6. The van der Waals surface area contributed by atoms with Crippen molar-refractivity contribution in [1.82, 2.24) is 10.0 Å². The van der Waals surface area contributed by atoms with Crippen LogP contribution in [0, 0.1) is 5.82 Å². The minimum absolute atomic E-state index is 0.0407. The van der Waals surface area contributed by atoms with Crippen LogP contribution in [0.15, 0.2) is 23.1 Å². The largest absolute Gasteiger partial charge is 0.497 e. The van der Waals surface area contributed by atoms with Crippen LogP contribution in [0.4, 0.5) is 4.39 Å². The van der Waals surface area contributed by atoms with Crippen LogP contribution in [0.2, 0.25) is 0 Å². The number of ether oxygens (including phenoxy) is 1. The van der Waals surface area contributed by atoms with Crippen molar-refractivity contribution in [2.45, 2.75) is 17.9 Å². The Hall–Kier alpha value is -1.18. The first-order valence-electron chi connectivity index (χ1n) is 5.41. The van der Waals surface area contributed by atoms with E-state index in [9.17, 15) is 12.8 Å². The van der Waals surface area contributed by atoms with E-state index in [1.54, 1.807) is 7.05 Å². The second kappa shape index (κ2) is 6.12. The van der Waals surface area contributed by atoms with E-state index >= 15 is 0 Å². The number of methoxy groups -OCH3 is 1. The highest BCUT2D eigenvalue weighted by Gasteiger charge is 2.19. The van der Waals surface area contributed by atoms with Crippen LogP contribution in [0.1, 0.15) is 6.92 Å². The Bertz CT molecular complexity index is 505. The first kappa shape index (κ1) is 14.9. The number of nitrogens with one attached hydrogen (secondary N) is 2. The molecule has 0 bridgehead atoms. The Morgan fingerprint density at radius 2 is 2.11 bits per heavy atom. The van der Waals surface area contributed by atoms with Crippen molar-refractivity contribution in [2.75, 3.05) is 20.7 Å². The third kappa shape index (κ3) is 3.66. The molecule has 0 aromatic heterocycles. The molecule has 0 amide bonds. The average molecular weight is 276 g/mol. The molecule has 0 radical (unpaired) electrons. The Balaban J connectivity index is 2.91. The van der Waals surface area contributed by atoms with E-state index in [2.05, 4.69) is 10.0 Å². The maximum atomic E-state index is 13.6. The van der Waals surface area contributed by atoms with Crippen LogP contribution < -0.4 is 14.8 Å². The van der Waals surface area contributed by atoms with Gasteiger partial charge in [-0.05, 0) is 26.1 Å². The smallest absolute Gasteiger partial charge is 0.243 e. The molecule has 1 aromatic rings. The van der Waals surface area contributed by atoms with Gasteiger partial charge in [-0.15, -0.1) is 0 Å². The normalized spacial score (nSPS) is 13.3. The highest BCUT2D eigenvalue weighted by molar-refractivity contribution is 7.89. The van der Waals surface area contributed by atoms with Gasteiger partial charge in [-0.1, -0.05) is 0 Å². The summed E-state index contributed by atoms with van der Waals surface area (Å²) in [6.45, 7) is 2.00. The summed E-state index contributed by atoms with van der Waals surface area (Å²) in [6, 6.07) is 3.58. The summed E-state index contributed by atoms with van der Waals surface area (Å²) in [7, 11) is -0.742. The molecule has 0 aliphatic carbocycles. The molecule has 0 saturated heterocycles. The molecule has 7 heteroatoms. The number of halogens is 1. The SMILES string of the molecule is CNC(C)CNS(=O)(=O)c1ccc(OC)cc1F. The molecule has 0 fully saturated rings. The standard InChI is InChI=1S/C11H17FN2O3S/c1-8(13-2)7-14-18(15,16)11-5-4-9(17-3)6-10(11)12/h4-6,8,13-14H,7H2,1-3H3. The zero-order valence-corrected chi connectivity index (χ0v) is 11.3. The number of rotatable bonds is 6. The van der Waals surface area contributed by atoms with Crippen LogP contribution in [-0.4, -0.2) is 35.2 Å². The fourth-order valence-corrected chi connectivity index (χ4v) is 2.43. The van der Waals surface area contributed by atoms with Crippen molar-refractivity contribution in [3.8, 4) is 5.75 Å². The summed E-state index contributed by atoms with van der Waals surface area (Å²) in [5.41, 5.74) is 0. The predicted molar refractivity (Wildman–Crippen MR) is 66.7 cm³/mol. The molecule has 1 rings (SSSR count). The first-order chi connectivity index (χ1) is 8.40. The third-order valence-corrected chi connectivity index (χ3v) is 3.96. The van der Waals surface area contributed by atoms with Crippen molar-refractivity contribution < 1.29 is 17.5 Å². The molecule has 0 saturated carbocycles. The van der Waals surface area contributed by atoms with Crippen LogP contribution in [0.25, 0.3) is 0 Å². The predicted octanol–water partition coefficient (Wildman–Crippen LogP) is 0.721. The Morgan fingerprint density at radius 1 is 1.44 bits per heavy atom. The maximum Gasteiger partial charge on any atom is 0.243 e. The van der Waals surface area contributed by atoms with Gasteiger partial charge in [0, 0.05) is 18.7 Å². The topological polar surface area (TPSA) is 67.4 Å². The summed E-state index contributed by atoms with van der Waals surface area (Å²) >= 11 is 0. The van der Waals surface area contributed by atoms with Gasteiger partial charge in [0.2, 0.25) is 10.0 Å². The zero-order valence-electron chi connectivity index (χ0n) is 10.5. The van der Waals surface area contributed by atoms with E-state index in [4.69, 9.17) is 4.74 Å². The molecule has 0 aliphatic heterocycles. The monoisotopic (exact) mass is 276 g/mol. The van der Waals surface area contributed by atoms with Gasteiger partial charge in [-0.25, -0.2) is 17.5 Å². The van der Waals surface area contributed by atoms with Gasteiger partial charge >= 0.3 is 0 Å². The Kier molecular flexibility index (Phi) is 5.06. The summed E-state index contributed by atoms with van der Waals surface area (Å²) in [6.07, 6.45) is 0. The van der Waals surface area contributed by atoms with E-state index in [1.807, 2.05) is 6.92 Å². The van der Waals surface area contributed by atoms with Crippen LogP contribution in [0.5, 0.6) is 5.75 Å². The lowest BCUT2D eigenvalue weighted by Crippen LogP contribution is -2.37. The van der Waals surface area contributed by atoms with E-state index in [1.165, 1.54) is 19.2 Å². The van der Waals surface area contributed by atoms with E-state index < -0.39 is 15.8 Å². The van der Waals surface area contributed by atoms with Gasteiger partial charge in [0.1, 0.15) is 16.5 Å². The van der Waals surface area contributed by atoms with Gasteiger partial charge < -0.3 is 10.1 Å². The summed E-state index contributed by atoms with van der Waals surface area (Å²) in [5, 5.41) is 2.88. The molecular formula is C11H17FN2O3S. The van der Waals surface area contributed by atoms with Crippen molar-refractivity contribution in [3.05, 3.63) is 24.0 Å². The molecule has 102 valence electrons. The average Bonchev–Trinajstić information content (AvgIpc) is 2.35. The molecule has 1 unspecified atom stereocenters. The minimum Gasteiger partial charge on any atom is -0.497 e. The minimum atomic E-state index is -3.84. The molecule has 1 aromatic carbocycles. The number of hydrogen-bond acceptors (Lipinski definition) is 4. The molecule has 0 aliphatic rings. The highest BCUT2D eigenvalue weighted by Crippen LogP contribution is 2.19. The van der Waals surface area contributed by atoms with Gasteiger partial charge in [-0.3, -0.25) is 0 Å². The lowest BCUT2D eigenvalue weighted by molar-refractivity contribution is 0.409. The first-order valence-corrected chi connectivity index (χ1v) is 6.89. The van der Waals surface area contributed by atoms with Crippen LogP contribution in [0.3, 0.4) is 0 Å². The molecule has 2 N–H and O–H groups in total. The van der Waals surface area contributed by atoms with Gasteiger partial charge in [0.25, 0.3) is 0 Å². The molecule has 0 spiro atoms. The van der Waals surface area contributed by atoms with Crippen LogP contribution >= 0.6 is 0 Å². The number of benzene rings is 1. The number of hydrogen-bond donors (Lipinski definition) is 2. The fraction of sp³-hybridized carbons (Fsp3) is 0.455. The van der Waals surface area contributed by atoms with Crippen molar-refractivity contribution in [3.63, 3.8) is 0 Å². The Morgan fingerprint density at radius 3 is 2.61 bits per heavy atom. The van der Waals surface area contributed by atoms with Crippen LogP contribution in [-0.2, 0) is 10.0 Å². The lowest BCUT2D eigenvalue weighted by Gasteiger charge is -2.12. The van der Waals surface area contributed by atoms with Crippen molar-refractivity contribution in [1.29, 1.82) is 0 Å². The number of likely N-dealkylation sites (N-methyl/N-ethyl adjacent to an activating group) is 1. The molecule has 1 atom stereocenters. The van der Waals surface area contributed by atoms with Gasteiger partial charge in [0.15, 0.2) is 0 Å². The lowest BCUT2D eigenvalue weighted by atomic mass is 10.3. The van der Waals surface area contributed by atoms with Crippen molar-refractivity contribution in [2.24, 2.45) is 0 Å². The number of sulfonamides is 1. The van der Waals surface area contributed by atoms with Gasteiger partial charge in [-0.2, -0.15) is 0 Å². The van der Waals surface area contributed by atoms with Gasteiger partial charge in [0.05, 0.1) is 7.11 Å². The fourth-order valence-electron chi connectivity index (χ4n) is 1.24. The van der Waals surface area contributed by atoms with E-state index in [-0.39, 0.29) is 23.2 Å².